The minimum Gasteiger partial charge on any atom is -0.495 e. The summed E-state index contributed by atoms with van der Waals surface area (Å²) in [5, 5.41) is 0. The number of methoxy groups -OCH3 is 3. The first kappa shape index (κ1) is 20.9. The van der Waals surface area contributed by atoms with Crippen molar-refractivity contribution < 1.29 is 23.8 Å². The maximum absolute atomic E-state index is 12.7. The van der Waals surface area contributed by atoms with E-state index in [-0.39, 0.29) is 6.54 Å². The zero-order chi connectivity index (χ0) is 21.0. The topological polar surface area (TPSA) is 79.1 Å². The van der Waals surface area contributed by atoms with E-state index in [1.807, 2.05) is 18.4 Å². The van der Waals surface area contributed by atoms with Crippen molar-refractivity contribution in [2.75, 3.05) is 27.6 Å². The van der Waals surface area contributed by atoms with Crippen molar-refractivity contribution in [1.82, 2.24) is 4.57 Å². The fourth-order valence-corrected chi connectivity index (χ4v) is 4.31. The van der Waals surface area contributed by atoms with Crippen molar-refractivity contribution in [3.05, 3.63) is 46.8 Å². The van der Waals surface area contributed by atoms with E-state index in [0.29, 0.717) is 27.4 Å². The molecule has 9 heteroatoms. The molecule has 152 valence electrons. The molecule has 0 aliphatic rings. The summed E-state index contributed by atoms with van der Waals surface area (Å²) in [6.07, 6.45) is 1.97. The standard InChI is InChI=1S/C20H20N2O5S2/c1-25-14-9-10-15(26-2)18-17(14)22(11-16(23)27-3)20(29-18)21-19(24)12-5-7-13(28-4)8-6-12/h5-10H,11H2,1-4H3. The minimum absolute atomic E-state index is 0.114. The van der Waals surface area contributed by atoms with Gasteiger partial charge < -0.3 is 18.8 Å². The monoisotopic (exact) mass is 432 g/mol. The van der Waals surface area contributed by atoms with E-state index in [4.69, 9.17) is 14.2 Å². The molecule has 3 aromatic rings. The lowest BCUT2D eigenvalue weighted by atomic mass is 10.2. The molecular weight excluding hydrogens is 412 g/mol. The van der Waals surface area contributed by atoms with E-state index in [9.17, 15) is 9.59 Å². The van der Waals surface area contributed by atoms with Gasteiger partial charge in [0.1, 0.15) is 28.3 Å². The van der Waals surface area contributed by atoms with Crippen molar-refractivity contribution in [1.29, 1.82) is 0 Å². The molecule has 0 radical (unpaired) electrons. The molecule has 0 saturated heterocycles. The second kappa shape index (κ2) is 9.15. The van der Waals surface area contributed by atoms with Gasteiger partial charge in [-0.25, -0.2) is 0 Å². The molecule has 3 rings (SSSR count). The van der Waals surface area contributed by atoms with E-state index in [2.05, 4.69) is 4.99 Å². The molecule has 1 amide bonds. The Balaban J connectivity index is 2.21. The summed E-state index contributed by atoms with van der Waals surface area (Å²) in [4.78, 5) is 30.4. The molecular formula is C20H20N2O5S2. The van der Waals surface area contributed by atoms with E-state index in [1.165, 1.54) is 25.6 Å². The average Bonchev–Trinajstić information content (AvgIpc) is 3.10. The Labute approximate surface area is 175 Å². The molecule has 0 fully saturated rings. The first-order valence-corrected chi connectivity index (χ1v) is 10.6. The van der Waals surface area contributed by atoms with Crippen LogP contribution in [0.5, 0.6) is 11.5 Å². The van der Waals surface area contributed by atoms with Crippen molar-refractivity contribution in [2.24, 2.45) is 4.99 Å². The number of thiazole rings is 1. The SMILES string of the molecule is COC(=O)Cn1c(=NC(=O)c2ccc(SC)cc2)sc2c(OC)ccc(OC)c21. The summed E-state index contributed by atoms with van der Waals surface area (Å²) >= 11 is 2.84. The minimum atomic E-state index is -0.465. The fraction of sp³-hybridized carbons (Fsp3) is 0.250. The Hall–Kier alpha value is -2.78. The number of amides is 1. The van der Waals surface area contributed by atoms with Gasteiger partial charge in [0.2, 0.25) is 0 Å². The lowest BCUT2D eigenvalue weighted by Crippen LogP contribution is -2.22. The largest absolute Gasteiger partial charge is 0.495 e. The third kappa shape index (κ3) is 4.30. The van der Waals surface area contributed by atoms with Crippen molar-refractivity contribution in [3.8, 4) is 11.5 Å². The van der Waals surface area contributed by atoms with Gasteiger partial charge >= 0.3 is 5.97 Å². The number of hydrogen-bond acceptors (Lipinski definition) is 7. The Morgan fingerprint density at radius 2 is 1.69 bits per heavy atom. The predicted molar refractivity (Wildman–Crippen MR) is 113 cm³/mol. The number of carbonyl (C=O) groups excluding carboxylic acids is 2. The number of rotatable bonds is 6. The van der Waals surface area contributed by atoms with Gasteiger partial charge in [-0.15, -0.1) is 11.8 Å². The number of fused-ring (bicyclic) bond motifs is 1. The van der Waals surface area contributed by atoms with Crippen molar-refractivity contribution in [3.63, 3.8) is 0 Å². The molecule has 0 saturated carbocycles. The predicted octanol–water partition coefficient (Wildman–Crippen LogP) is 3.36. The van der Waals surface area contributed by atoms with Crippen LogP contribution in [-0.4, -0.2) is 44.0 Å². The summed E-state index contributed by atoms with van der Waals surface area (Å²) in [7, 11) is 4.40. The number of esters is 1. The lowest BCUT2D eigenvalue weighted by molar-refractivity contribution is -0.141. The van der Waals surface area contributed by atoms with Gasteiger partial charge in [0.15, 0.2) is 4.80 Å². The second-order valence-electron chi connectivity index (χ2n) is 5.84. The Kier molecular flexibility index (Phi) is 6.60. The van der Waals surface area contributed by atoms with Gasteiger partial charge in [0.05, 0.1) is 21.3 Å². The van der Waals surface area contributed by atoms with Gasteiger partial charge in [-0.2, -0.15) is 4.99 Å². The smallest absolute Gasteiger partial charge is 0.325 e. The highest BCUT2D eigenvalue weighted by Crippen LogP contribution is 2.35. The van der Waals surface area contributed by atoms with Crippen molar-refractivity contribution in [2.45, 2.75) is 11.4 Å². The van der Waals surface area contributed by atoms with E-state index in [0.717, 1.165) is 9.60 Å². The van der Waals surface area contributed by atoms with Crippen LogP contribution in [0.1, 0.15) is 10.4 Å². The van der Waals surface area contributed by atoms with Crippen LogP contribution in [0.2, 0.25) is 0 Å². The van der Waals surface area contributed by atoms with E-state index < -0.39 is 11.9 Å². The highest BCUT2D eigenvalue weighted by atomic mass is 32.2. The molecule has 0 N–H and O–H groups in total. The third-order valence-electron chi connectivity index (χ3n) is 4.24. The summed E-state index contributed by atoms with van der Waals surface area (Å²) in [5.74, 6) is 0.273. The van der Waals surface area contributed by atoms with Gasteiger partial charge in [0.25, 0.3) is 5.91 Å². The quantitative estimate of drug-likeness (QED) is 0.439. The van der Waals surface area contributed by atoms with Crippen LogP contribution < -0.4 is 14.3 Å². The summed E-state index contributed by atoms with van der Waals surface area (Å²) < 4.78 is 18.1. The van der Waals surface area contributed by atoms with Crippen LogP contribution in [-0.2, 0) is 16.1 Å². The summed E-state index contributed by atoms with van der Waals surface area (Å²) in [5.41, 5.74) is 1.08. The fourth-order valence-electron chi connectivity index (χ4n) is 2.76. The number of thioether (sulfide) groups is 1. The van der Waals surface area contributed by atoms with Gasteiger partial charge in [-0.1, -0.05) is 11.3 Å². The maximum Gasteiger partial charge on any atom is 0.325 e. The van der Waals surface area contributed by atoms with Gasteiger partial charge in [-0.3, -0.25) is 9.59 Å². The molecule has 1 aromatic heterocycles. The first-order valence-electron chi connectivity index (χ1n) is 8.56. The van der Waals surface area contributed by atoms with Crippen LogP contribution in [0.25, 0.3) is 10.2 Å². The van der Waals surface area contributed by atoms with Crippen LogP contribution in [0.15, 0.2) is 46.3 Å². The molecule has 0 atom stereocenters. The molecule has 2 aromatic carbocycles. The molecule has 29 heavy (non-hydrogen) atoms. The molecule has 0 aliphatic heterocycles. The molecule has 1 heterocycles. The molecule has 0 spiro atoms. The van der Waals surface area contributed by atoms with Crippen molar-refractivity contribution >= 4 is 45.2 Å². The average molecular weight is 433 g/mol. The number of hydrogen-bond donors (Lipinski definition) is 0. The zero-order valence-corrected chi connectivity index (χ0v) is 18.1. The zero-order valence-electron chi connectivity index (χ0n) is 16.4. The third-order valence-corrected chi connectivity index (χ3v) is 6.08. The summed E-state index contributed by atoms with van der Waals surface area (Å²) in [6, 6.07) is 10.7. The molecule has 0 aliphatic carbocycles. The van der Waals surface area contributed by atoms with Crippen LogP contribution >= 0.6 is 23.1 Å². The first-order chi connectivity index (χ1) is 14.0. The van der Waals surface area contributed by atoms with E-state index in [1.54, 1.807) is 47.7 Å². The van der Waals surface area contributed by atoms with Crippen LogP contribution in [0, 0.1) is 0 Å². The highest BCUT2D eigenvalue weighted by molar-refractivity contribution is 7.98. The number of benzene rings is 2. The molecule has 7 nitrogen and oxygen atoms in total. The number of nitrogens with zero attached hydrogens (tertiary/aromatic N) is 2. The second-order valence-corrected chi connectivity index (χ2v) is 7.70. The summed E-state index contributed by atoms with van der Waals surface area (Å²) in [6.45, 7) is -0.114. The van der Waals surface area contributed by atoms with Gasteiger partial charge in [0, 0.05) is 10.5 Å². The van der Waals surface area contributed by atoms with Crippen LogP contribution in [0.3, 0.4) is 0 Å². The Morgan fingerprint density at radius 3 is 2.28 bits per heavy atom. The normalized spacial score (nSPS) is 11.5. The highest BCUT2D eigenvalue weighted by Gasteiger charge is 2.19. The number of ether oxygens (including phenoxy) is 3. The Bertz CT molecular complexity index is 1120. The number of carbonyl (C=O) groups is 2. The Morgan fingerprint density at radius 1 is 1.03 bits per heavy atom. The number of aromatic nitrogens is 1. The lowest BCUT2D eigenvalue weighted by Gasteiger charge is -2.09. The van der Waals surface area contributed by atoms with Crippen LogP contribution in [0.4, 0.5) is 0 Å². The molecule has 0 bridgehead atoms. The molecule has 0 unspecified atom stereocenters. The van der Waals surface area contributed by atoms with E-state index >= 15 is 0 Å². The maximum atomic E-state index is 12.7. The van der Waals surface area contributed by atoms with Gasteiger partial charge in [-0.05, 0) is 42.7 Å².